The van der Waals surface area contributed by atoms with E-state index in [9.17, 15) is 13.6 Å². The van der Waals surface area contributed by atoms with E-state index >= 15 is 0 Å². The number of piperidine rings is 1. The highest BCUT2D eigenvalue weighted by atomic mass is 19.3. The van der Waals surface area contributed by atoms with Gasteiger partial charge >= 0.3 is 6.03 Å². The zero-order chi connectivity index (χ0) is 16.9. The third-order valence-corrected chi connectivity index (χ3v) is 5.71. The van der Waals surface area contributed by atoms with Crippen LogP contribution in [-0.4, -0.2) is 73.1 Å². The van der Waals surface area contributed by atoms with Crippen molar-refractivity contribution in [2.24, 2.45) is 0 Å². The Morgan fingerprint density at radius 3 is 2.25 bits per heavy atom. The van der Waals surface area contributed by atoms with Gasteiger partial charge in [0.15, 0.2) is 0 Å². The molecule has 0 bridgehead atoms. The Morgan fingerprint density at radius 2 is 1.58 bits per heavy atom. The van der Waals surface area contributed by atoms with E-state index in [1.54, 1.807) is 4.90 Å². The fourth-order valence-corrected chi connectivity index (χ4v) is 4.37. The lowest BCUT2D eigenvalue weighted by molar-refractivity contribution is 0.0736. The van der Waals surface area contributed by atoms with Gasteiger partial charge in [-0.25, -0.2) is 13.6 Å². The molecule has 2 aliphatic heterocycles. The van der Waals surface area contributed by atoms with Gasteiger partial charge < -0.3 is 10.6 Å². The van der Waals surface area contributed by atoms with E-state index in [1.165, 1.54) is 25.7 Å². The maximum Gasteiger partial charge on any atom is 0.315 e. The summed E-state index contributed by atoms with van der Waals surface area (Å²) in [4.78, 5) is 16.5. The minimum atomic E-state index is -2.28. The number of halogens is 2. The number of likely N-dealkylation sites (tertiary alicyclic amines) is 2. The van der Waals surface area contributed by atoms with Crippen molar-refractivity contribution in [2.45, 2.75) is 69.5 Å². The molecule has 138 valence electrons. The van der Waals surface area contributed by atoms with Crippen molar-refractivity contribution in [3.63, 3.8) is 0 Å². The molecule has 5 nitrogen and oxygen atoms in total. The average molecular weight is 344 g/mol. The van der Waals surface area contributed by atoms with Gasteiger partial charge in [-0.05, 0) is 32.1 Å². The zero-order valence-corrected chi connectivity index (χ0v) is 14.4. The number of nitrogens with zero attached hydrogens (tertiary/aromatic N) is 2. The molecule has 3 fully saturated rings. The summed E-state index contributed by atoms with van der Waals surface area (Å²) < 4.78 is 24.7. The number of hydrogen-bond acceptors (Lipinski definition) is 3. The number of nitrogens with one attached hydrogen (secondary N) is 2. The van der Waals surface area contributed by atoms with Crippen LogP contribution in [0.5, 0.6) is 0 Å². The summed E-state index contributed by atoms with van der Waals surface area (Å²) >= 11 is 0. The number of amides is 2. The SMILES string of the molecule is O=C(NC1CCN(CC(F)F)CC1)NC1CCN(C2CCCC2)C1. The van der Waals surface area contributed by atoms with Crippen LogP contribution in [0.1, 0.15) is 44.9 Å². The maximum absolute atomic E-state index is 12.4. The number of alkyl halides is 2. The first-order valence-electron chi connectivity index (χ1n) is 9.41. The fourth-order valence-electron chi connectivity index (χ4n) is 4.37. The van der Waals surface area contributed by atoms with Gasteiger partial charge in [-0.1, -0.05) is 12.8 Å². The molecule has 7 heteroatoms. The summed E-state index contributed by atoms with van der Waals surface area (Å²) in [6, 6.07) is 0.968. The normalized spacial score (nSPS) is 27.9. The van der Waals surface area contributed by atoms with Crippen LogP contribution < -0.4 is 10.6 Å². The minimum absolute atomic E-state index is 0.0967. The van der Waals surface area contributed by atoms with E-state index < -0.39 is 6.43 Å². The maximum atomic E-state index is 12.4. The molecule has 1 aliphatic carbocycles. The molecular weight excluding hydrogens is 314 g/mol. The third-order valence-electron chi connectivity index (χ3n) is 5.71. The zero-order valence-electron chi connectivity index (χ0n) is 14.4. The van der Waals surface area contributed by atoms with Crippen molar-refractivity contribution in [3.8, 4) is 0 Å². The summed E-state index contributed by atoms with van der Waals surface area (Å²) in [5.74, 6) is 0. The first-order valence-corrected chi connectivity index (χ1v) is 9.41. The molecule has 2 heterocycles. The Morgan fingerprint density at radius 1 is 0.958 bits per heavy atom. The summed E-state index contributed by atoms with van der Waals surface area (Å²) in [7, 11) is 0. The first kappa shape index (κ1) is 17.9. The van der Waals surface area contributed by atoms with Crippen molar-refractivity contribution in [1.29, 1.82) is 0 Å². The van der Waals surface area contributed by atoms with Gasteiger partial charge in [0.2, 0.25) is 0 Å². The smallest absolute Gasteiger partial charge is 0.315 e. The van der Waals surface area contributed by atoms with Crippen LogP contribution in [0.15, 0.2) is 0 Å². The number of carbonyl (C=O) groups is 1. The van der Waals surface area contributed by atoms with Gasteiger partial charge in [0.05, 0.1) is 6.54 Å². The largest absolute Gasteiger partial charge is 0.335 e. The van der Waals surface area contributed by atoms with E-state index in [0.29, 0.717) is 13.1 Å². The van der Waals surface area contributed by atoms with E-state index in [1.807, 2.05) is 0 Å². The van der Waals surface area contributed by atoms with Crippen LogP contribution in [0.2, 0.25) is 0 Å². The third kappa shape index (κ3) is 5.02. The molecule has 0 aromatic carbocycles. The summed E-state index contributed by atoms with van der Waals surface area (Å²) in [6.07, 6.45) is 5.53. The molecule has 2 saturated heterocycles. The number of urea groups is 1. The number of rotatable bonds is 5. The second-order valence-electron chi connectivity index (χ2n) is 7.50. The molecule has 1 atom stereocenters. The lowest BCUT2D eigenvalue weighted by Crippen LogP contribution is -2.51. The highest BCUT2D eigenvalue weighted by Crippen LogP contribution is 2.26. The second-order valence-corrected chi connectivity index (χ2v) is 7.50. The lowest BCUT2D eigenvalue weighted by Gasteiger charge is -2.32. The molecule has 2 N–H and O–H groups in total. The molecule has 0 aromatic heterocycles. The Kier molecular flexibility index (Phi) is 6.27. The van der Waals surface area contributed by atoms with Crippen LogP contribution in [0.25, 0.3) is 0 Å². The van der Waals surface area contributed by atoms with Crippen molar-refractivity contribution in [2.75, 3.05) is 32.7 Å². The quantitative estimate of drug-likeness (QED) is 0.802. The molecule has 0 spiro atoms. The van der Waals surface area contributed by atoms with Gasteiger partial charge in [-0.2, -0.15) is 0 Å². The first-order chi connectivity index (χ1) is 11.6. The Balaban J connectivity index is 1.33. The Bertz CT molecular complexity index is 409. The van der Waals surface area contributed by atoms with Gasteiger partial charge in [0.1, 0.15) is 0 Å². The van der Waals surface area contributed by atoms with Gasteiger partial charge in [-0.3, -0.25) is 9.80 Å². The molecule has 1 unspecified atom stereocenters. The van der Waals surface area contributed by atoms with Crippen LogP contribution in [0.3, 0.4) is 0 Å². The standard InChI is InChI=1S/C17H30F2N4O/c18-16(19)12-22-8-5-13(6-9-22)20-17(24)21-14-7-10-23(11-14)15-3-1-2-4-15/h13-16H,1-12H2,(H2,20,21,24). The van der Waals surface area contributed by atoms with E-state index in [2.05, 4.69) is 15.5 Å². The number of hydrogen-bond donors (Lipinski definition) is 2. The van der Waals surface area contributed by atoms with Gasteiger partial charge in [-0.15, -0.1) is 0 Å². The second kappa shape index (κ2) is 8.43. The van der Waals surface area contributed by atoms with Crippen molar-refractivity contribution in [3.05, 3.63) is 0 Å². The molecule has 24 heavy (non-hydrogen) atoms. The number of carbonyl (C=O) groups excluding carboxylic acids is 1. The molecular formula is C17H30F2N4O. The predicted octanol–water partition coefficient (Wildman–Crippen LogP) is 2.03. The average Bonchev–Trinajstić information content (AvgIpc) is 3.19. The molecule has 3 rings (SSSR count). The van der Waals surface area contributed by atoms with Gasteiger partial charge in [0.25, 0.3) is 6.43 Å². The monoisotopic (exact) mass is 344 g/mol. The summed E-state index contributed by atoms with van der Waals surface area (Å²) in [5, 5.41) is 6.12. The van der Waals surface area contributed by atoms with Crippen LogP contribution >= 0.6 is 0 Å². The van der Waals surface area contributed by atoms with Crippen LogP contribution in [0, 0.1) is 0 Å². The molecule has 1 saturated carbocycles. The molecule has 0 radical (unpaired) electrons. The highest BCUT2D eigenvalue weighted by molar-refractivity contribution is 5.74. The van der Waals surface area contributed by atoms with Crippen molar-refractivity contribution in [1.82, 2.24) is 20.4 Å². The molecule has 2 amide bonds. The van der Waals surface area contributed by atoms with Crippen LogP contribution in [-0.2, 0) is 0 Å². The lowest BCUT2D eigenvalue weighted by atomic mass is 10.1. The Hall–Kier alpha value is -0.950. The van der Waals surface area contributed by atoms with E-state index in [0.717, 1.165) is 38.4 Å². The van der Waals surface area contributed by atoms with Crippen molar-refractivity contribution < 1.29 is 13.6 Å². The van der Waals surface area contributed by atoms with E-state index in [-0.39, 0.29) is 24.7 Å². The highest BCUT2D eigenvalue weighted by Gasteiger charge is 2.31. The summed E-state index contributed by atoms with van der Waals surface area (Å²) in [5.41, 5.74) is 0. The van der Waals surface area contributed by atoms with Gasteiger partial charge in [0, 0.05) is 44.3 Å². The fraction of sp³-hybridized carbons (Fsp3) is 0.941. The van der Waals surface area contributed by atoms with E-state index in [4.69, 9.17) is 0 Å². The van der Waals surface area contributed by atoms with Crippen molar-refractivity contribution >= 4 is 6.03 Å². The molecule has 0 aromatic rings. The predicted molar refractivity (Wildman–Crippen MR) is 89.4 cm³/mol. The Labute approximate surface area is 143 Å². The summed E-state index contributed by atoms with van der Waals surface area (Å²) in [6.45, 7) is 3.16. The molecule has 3 aliphatic rings. The minimum Gasteiger partial charge on any atom is -0.335 e. The van der Waals surface area contributed by atoms with Crippen LogP contribution in [0.4, 0.5) is 13.6 Å². The topological polar surface area (TPSA) is 47.6 Å².